The minimum absolute atomic E-state index is 0.0132. The van der Waals surface area contributed by atoms with Gasteiger partial charge in [-0.15, -0.1) is 0 Å². The first-order valence-corrected chi connectivity index (χ1v) is 13.2. The lowest BCUT2D eigenvalue weighted by molar-refractivity contribution is -0.311. The number of aliphatic hydroxyl groups is 1. The predicted molar refractivity (Wildman–Crippen MR) is 129 cm³/mol. The topological polar surface area (TPSA) is 69.6 Å². The number of ether oxygens (including phenoxy) is 1. The van der Waals surface area contributed by atoms with Crippen molar-refractivity contribution in [3.8, 4) is 0 Å². The fourth-order valence-corrected chi connectivity index (χ4v) is 5.52. The monoisotopic (exact) mass is 449 g/mol. The first-order chi connectivity index (χ1) is 14.9. The van der Waals surface area contributed by atoms with Crippen molar-refractivity contribution in [2.24, 2.45) is 23.7 Å². The number of carboxylic acid groups (broad SMARTS) is 1. The summed E-state index contributed by atoms with van der Waals surface area (Å²) < 4.78 is 6.70. The van der Waals surface area contributed by atoms with E-state index in [0.29, 0.717) is 36.7 Å². The van der Waals surface area contributed by atoms with E-state index in [0.717, 1.165) is 38.5 Å². The molecule has 1 aliphatic heterocycles. The molecule has 32 heavy (non-hydrogen) atoms. The molecule has 4 nitrogen and oxygen atoms in total. The van der Waals surface area contributed by atoms with Crippen LogP contribution in [-0.4, -0.2) is 28.4 Å². The molecule has 1 aliphatic carbocycles. The van der Waals surface area contributed by atoms with Crippen LogP contribution in [0.2, 0.25) is 0 Å². The summed E-state index contributed by atoms with van der Waals surface area (Å²) in [5, 5.41) is 21.4. The van der Waals surface area contributed by atoms with Gasteiger partial charge in [0, 0.05) is 5.97 Å². The van der Waals surface area contributed by atoms with E-state index in [1.807, 2.05) is 6.92 Å². The number of hydrogen-bond donors (Lipinski definition) is 1. The Morgan fingerprint density at radius 3 is 2.50 bits per heavy atom. The summed E-state index contributed by atoms with van der Waals surface area (Å²) in [6.07, 6.45) is 14.8. The molecular weight excluding hydrogens is 400 g/mol. The Kier molecular flexibility index (Phi) is 10.3. The van der Waals surface area contributed by atoms with Crippen LogP contribution in [0, 0.1) is 23.7 Å². The van der Waals surface area contributed by atoms with Crippen LogP contribution in [0.1, 0.15) is 119 Å². The molecule has 7 unspecified atom stereocenters. The van der Waals surface area contributed by atoms with E-state index in [-0.39, 0.29) is 5.60 Å². The Morgan fingerprint density at radius 2 is 1.84 bits per heavy atom. The van der Waals surface area contributed by atoms with Crippen LogP contribution >= 0.6 is 0 Å². The Labute approximate surface area is 197 Å². The number of rotatable bonds is 13. The number of aliphatic carboxylic acids is 1. The van der Waals surface area contributed by atoms with Crippen molar-refractivity contribution in [1.82, 2.24) is 0 Å². The Bertz CT molecular complexity index is 625. The van der Waals surface area contributed by atoms with Crippen molar-refractivity contribution in [2.75, 3.05) is 0 Å². The fraction of sp³-hybridized carbons (Fsp3) is 0.893. The summed E-state index contributed by atoms with van der Waals surface area (Å²) in [6, 6.07) is 0. The quantitative estimate of drug-likeness (QED) is 0.360. The van der Waals surface area contributed by atoms with Gasteiger partial charge in [0.2, 0.25) is 0 Å². The standard InChI is InChI=1S/C28H50O4/c1-20(10-7-16-27(5,31)17-9-12-22(3)26(29)30)11-8-18-28(6)19-15-24-14-13-21(2)23(4)25(24)32-28/h14,20-23,25,31H,7-13,15-19H2,1-6H3,(H,29,30)/p-1. The lowest BCUT2D eigenvalue weighted by Gasteiger charge is -2.46. The van der Waals surface area contributed by atoms with Gasteiger partial charge >= 0.3 is 0 Å². The molecule has 0 aromatic carbocycles. The summed E-state index contributed by atoms with van der Waals surface area (Å²) in [6.45, 7) is 12.9. The van der Waals surface area contributed by atoms with E-state index >= 15 is 0 Å². The maximum absolute atomic E-state index is 10.8. The molecule has 1 heterocycles. The molecule has 2 rings (SSSR count). The summed E-state index contributed by atoms with van der Waals surface area (Å²) >= 11 is 0. The third-order valence-electron chi connectivity index (χ3n) is 8.42. The van der Waals surface area contributed by atoms with Gasteiger partial charge in [0.1, 0.15) is 0 Å². The summed E-state index contributed by atoms with van der Waals surface area (Å²) in [5.41, 5.74) is 0.857. The first-order valence-electron chi connectivity index (χ1n) is 13.2. The van der Waals surface area contributed by atoms with Crippen LogP contribution in [0.5, 0.6) is 0 Å². The fourth-order valence-electron chi connectivity index (χ4n) is 5.52. The van der Waals surface area contributed by atoms with Crippen molar-refractivity contribution in [2.45, 2.75) is 136 Å². The SMILES string of the molecule is CC(CCCC(C)(O)CCCC(C)C(=O)[O-])CCCC1(C)CCC2=CCC(C)C(C)C2O1. The van der Waals surface area contributed by atoms with Crippen molar-refractivity contribution in [3.63, 3.8) is 0 Å². The molecule has 0 amide bonds. The highest BCUT2D eigenvalue weighted by Gasteiger charge is 2.40. The summed E-state index contributed by atoms with van der Waals surface area (Å²) in [4.78, 5) is 10.8. The molecule has 1 fully saturated rings. The van der Waals surface area contributed by atoms with Crippen molar-refractivity contribution in [1.29, 1.82) is 0 Å². The highest BCUT2D eigenvalue weighted by atomic mass is 16.5. The summed E-state index contributed by atoms with van der Waals surface area (Å²) in [7, 11) is 0. The molecule has 0 radical (unpaired) electrons. The Morgan fingerprint density at radius 1 is 1.22 bits per heavy atom. The third-order valence-corrected chi connectivity index (χ3v) is 8.42. The first kappa shape index (κ1) is 27.4. The van der Waals surface area contributed by atoms with Gasteiger partial charge in [0.15, 0.2) is 0 Å². The van der Waals surface area contributed by atoms with E-state index in [1.165, 1.54) is 25.7 Å². The second-order valence-electron chi connectivity index (χ2n) is 11.8. The molecule has 0 aromatic heterocycles. The van der Waals surface area contributed by atoms with Crippen molar-refractivity contribution >= 4 is 5.97 Å². The molecule has 186 valence electrons. The van der Waals surface area contributed by atoms with Gasteiger partial charge in [0.05, 0.1) is 17.3 Å². The molecular formula is C28H49O4-. The maximum atomic E-state index is 10.8. The lowest BCUT2D eigenvalue weighted by Crippen LogP contribution is -2.45. The molecule has 0 spiro atoms. The zero-order valence-corrected chi connectivity index (χ0v) is 21.6. The van der Waals surface area contributed by atoms with Crippen LogP contribution in [0.3, 0.4) is 0 Å². The molecule has 1 N–H and O–H groups in total. The molecule has 0 bridgehead atoms. The second-order valence-corrected chi connectivity index (χ2v) is 11.8. The molecule has 4 heteroatoms. The highest BCUT2D eigenvalue weighted by molar-refractivity contribution is 5.66. The number of carbonyl (C=O) groups excluding carboxylic acids is 1. The van der Waals surface area contributed by atoms with Gasteiger partial charge in [-0.25, -0.2) is 0 Å². The van der Waals surface area contributed by atoms with E-state index < -0.39 is 17.5 Å². The minimum Gasteiger partial charge on any atom is -0.550 e. The zero-order chi connectivity index (χ0) is 23.9. The number of carboxylic acids is 1. The lowest BCUT2D eigenvalue weighted by atomic mass is 9.74. The molecule has 1 saturated heterocycles. The van der Waals surface area contributed by atoms with Gasteiger partial charge in [-0.1, -0.05) is 59.5 Å². The number of carbonyl (C=O) groups is 1. The van der Waals surface area contributed by atoms with Crippen LogP contribution < -0.4 is 5.11 Å². The van der Waals surface area contributed by atoms with Crippen LogP contribution in [0.25, 0.3) is 0 Å². The van der Waals surface area contributed by atoms with Gasteiger partial charge in [-0.05, 0) is 94.5 Å². The second kappa shape index (κ2) is 12.0. The molecule has 7 atom stereocenters. The number of hydrogen-bond acceptors (Lipinski definition) is 4. The smallest absolute Gasteiger partial charge is 0.0820 e. The average Bonchev–Trinajstić information content (AvgIpc) is 2.70. The molecule has 2 aliphatic rings. The average molecular weight is 450 g/mol. The summed E-state index contributed by atoms with van der Waals surface area (Å²) in [5.74, 6) is 0.547. The third kappa shape index (κ3) is 8.48. The number of fused-ring (bicyclic) bond motifs is 1. The molecule has 0 saturated carbocycles. The highest BCUT2D eigenvalue weighted by Crippen LogP contribution is 2.43. The Balaban J connectivity index is 1.64. The van der Waals surface area contributed by atoms with Crippen LogP contribution in [0.4, 0.5) is 0 Å². The largest absolute Gasteiger partial charge is 0.550 e. The van der Waals surface area contributed by atoms with Gasteiger partial charge in [-0.2, -0.15) is 0 Å². The van der Waals surface area contributed by atoms with Crippen LogP contribution in [0.15, 0.2) is 11.6 Å². The van der Waals surface area contributed by atoms with Gasteiger partial charge in [-0.3, -0.25) is 0 Å². The van der Waals surface area contributed by atoms with Gasteiger partial charge in [0.25, 0.3) is 0 Å². The maximum Gasteiger partial charge on any atom is 0.0820 e. The normalized spacial score (nSPS) is 31.8. The minimum atomic E-state index is -0.995. The van der Waals surface area contributed by atoms with E-state index in [4.69, 9.17) is 4.74 Å². The number of allylic oxidation sites excluding steroid dienone is 1. The van der Waals surface area contributed by atoms with Crippen molar-refractivity contribution < 1.29 is 19.7 Å². The zero-order valence-electron chi connectivity index (χ0n) is 21.6. The Hall–Kier alpha value is -0.870. The van der Waals surface area contributed by atoms with E-state index in [9.17, 15) is 15.0 Å². The van der Waals surface area contributed by atoms with E-state index in [1.54, 1.807) is 12.5 Å². The van der Waals surface area contributed by atoms with Crippen molar-refractivity contribution in [3.05, 3.63) is 11.6 Å². The predicted octanol–water partition coefficient (Wildman–Crippen LogP) is 5.81. The van der Waals surface area contributed by atoms with E-state index in [2.05, 4.69) is 33.8 Å². The van der Waals surface area contributed by atoms with Gasteiger partial charge < -0.3 is 19.7 Å². The van der Waals surface area contributed by atoms with Crippen LogP contribution in [-0.2, 0) is 9.53 Å². The molecule has 0 aromatic rings.